The maximum atomic E-state index is 5.21. The minimum atomic E-state index is 0.700. The lowest BCUT2D eigenvalue weighted by molar-refractivity contribution is 0.190. The normalized spacial score (nSPS) is 10.8. The minimum absolute atomic E-state index is 0.700. The third-order valence-electron chi connectivity index (χ3n) is 3.14. The van der Waals surface area contributed by atoms with Gasteiger partial charge in [0.2, 0.25) is 0 Å². The molecule has 0 unspecified atom stereocenters. The average Bonchev–Trinajstić information content (AvgIpc) is 2.46. The highest BCUT2D eigenvalue weighted by molar-refractivity contribution is 5.53. The summed E-state index contributed by atoms with van der Waals surface area (Å²) in [6, 6.07) is 2.14. The Morgan fingerprint density at radius 2 is 1.85 bits per heavy atom. The second-order valence-electron chi connectivity index (χ2n) is 4.71. The van der Waals surface area contributed by atoms with Crippen LogP contribution in [0.15, 0.2) is 12.3 Å². The minimum Gasteiger partial charge on any atom is -0.383 e. The summed E-state index contributed by atoms with van der Waals surface area (Å²) in [5.41, 5.74) is 3.46. The molecule has 1 aromatic heterocycles. The summed E-state index contributed by atoms with van der Waals surface area (Å²) in [5, 5.41) is 3.36. The summed E-state index contributed by atoms with van der Waals surface area (Å²) < 4.78 is 10.4. The molecular weight excluding hydrogens is 254 g/mol. The highest BCUT2D eigenvalue weighted by atomic mass is 16.5. The molecule has 20 heavy (non-hydrogen) atoms. The van der Waals surface area contributed by atoms with Crippen molar-refractivity contribution in [3.63, 3.8) is 0 Å². The van der Waals surface area contributed by atoms with E-state index in [-0.39, 0.29) is 0 Å². The number of aryl methyl sites for hydroxylation is 1. The van der Waals surface area contributed by atoms with Gasteiger partial charge in [-0.1, -0.05) is 6.92 Å². The van der Waals surface area contributed by atoms with Crippen LogP contribution in [0, 0.1) is 6.92 Å². The number of ether oxygens (including phenoxy) is 2. The van der Waals surface area contributed by atoms with Crippen LogP contribution in [-0.4, -0.2) is 52.1 Å². The van der Waals surface area contributed by atoms with Gasteiger partial charge in [0.05, 0.1) is 13.2 Å². The summed E-state index contributed by atoms with van der Waals surface area (Å²) in [6.07, 6.45) is 1.96. The molecule has 1 N–H and O–H groups in total. The average molecular weight is 281 g/mol. The predicted octanol–water partition coefficient (Wildman–Crippen LogP) is 1.60. The van der Waals surface area contributed by atoms with Crippen molar-refractivity contribution in [2.45, 2.75) is 20.4 Å². The standard InChI is InChI=1S/C15H27N3O2/c1-5-16-11-14-12-17-13(2)10-15(14)18(6-8-19-3)7-9-20-4/h10,12,16H,5-9,11H2,1-4H3. The molecule has 0 saturated carbocycles. The Bertz CT molecular complexity index is 377. The first-order valence-electron chi connectivity index (χ1n) is 7.12. The first-order valence-corrected chi connectivity index (χ1v) is 7.12. The highest BCUT2D eigenvalue weighted by Crippen LogP contribution is 2.20. The van der Waals surface area contributed by atoms with Crippen molar-refractivity contribution in [2.24, 2.45) is 0 Å². The van der Waals surface area contributed by atoms with Crippen molar-refractivity contribution >= 4 is 5.69 Å². The number of methoxy groups -OCH3 is 2. The zero-order chi connectivity index (χ0) is 14.8. The molecule has 0 aliphatic rings. The van der Waals surface area contributed by atoms with Crippen molar-refractivity contribution in [1.29, 1.82) is 0 Å². The molecule has 5 nitrogen and oxygen atoms in total. The number of nitrogens with one attached hydrogen (secondary N) is 1. The van der Waals surface area contributed by atoms with E-state index in [1.165, 1.54) is 11.3 Å². The summed E-state index contributed by atoms with van der Waals surface area (Å²) in [4.78, 5) is 6.71. The van der Waals surface area contributed by atoms with Crippen molar-refractivity contribution < 1.29 is 9.47 Å². The highest BCUT2D eigenvalue weighted by Gasteiger charge is 2.12. The molecule has 1 rings (SSSR count). The Hall–Kier alpha value is -1.17. The number of hydrogen-bond acceptors (Lipinski definition) is 5. The molecule has 0 aromatic carbocycles. The number of hydrogen-bond donors (Lipinski definition) is 1. The number of pyridine rings is 1. The molecule has 0 fully saturated rings. The molecule has 114 valence electrons. The van der Waals surface area contributed by atoms with Gasteiger partial charge in [0.1, 0.15) is 0 Å². The monoisotopic (exact) mass is 281 g/mol. The van der Waals surface area contributed by atoms with E-state index in [0.29, 0.717) is 13.2 Å². The molecule has 1 aromatic rings. The zero-order valence-electron chi connectivity index (χ0n) is 13.1. The fourth-order valence-corrected chi connectivity index (χ4v) is 2.02. The third-order valence-corrected chi connectivity index (χ3v) is 3.14. The first-order chi connectivity index (χ1) is 9.72. The summed E-state index contributed by atoms with van der Waals surface area (Å²) in [5.74, 6) is 0. The van der Waals surface area contributed by atoms with Gasteiger partial charge in [-0.05, 0) is 19.5 Å². The van der Waals surface area contributed by atoms with Gasteiger partial charge in [-0.2, -0.15) is 0 Å². The van der Waals surface area contributed by atoms with E-state index in [0.717, 1.165) is 31.9 Å². The van der Waals surface area contributed by atoms with Crippen LogP contribution in [0.25, 0.3) is 0 Å². The lowest BCUT2D eigenvalue weighted by Gasteiger charge is -2.27. The molecular formula is C15H27N3O2. The van der Waals surface area contributed by atoms with Crippen LogP contribution in [0.1, 0.15) is 18.2 Å². The second kappa shape index (κ2) is 9.69. The Balaban J connectivity index is 2.92. The Morgan fingerprint density at radius 1 is 1.20 bits per heavy atom. The second-order valence-corrected chi connectivity index (χ2v) is 4.71. The van der Waals surface area contributed by atoms with Gasteiger partial charge in [0.25, 0.3) is 0 Å². The summed E-state index contributed by atoms with van der Waals surface area (Å²) in [7, 11) is 3.46. The molecule has 0 bridgehead atoms. The van der Waals surface area contributed by atoms with E-state index in [9.17, 15) is 0 Å². The lowest BCUT2D eigenvalue weighted by atomic mass is 10.1. The SMILES string of the molecule is CCNCc1cnc(C)cc1N(CCOC)CCOC. The largest absolute Gasteiger partial charge is 0.383 e. The van der Waals surface area contributed by atoms with E-state index >= 15 is 0 Å². The maximum Gasteiger partial charge on any atom is 0.0637 e. The van der Waals surface area contributed by atoms with Gasteiger partial charge in [0.15, 0.2) is 0 Å². The van der Waals surface area contributed by atoms with Crippen LogP contribution < -0.4 is 10.2 Å². The molecule has 0 radical (unpaired) electrons. The molecule has 0 atom stereocenters. The van der Waals surface area contributed by atoms with E-state index < -0.39 is 0 Å². The van der Waals surface area contributed by atoms with E-state index in [1.54, 1.807) is 14.2 Å². The Kier molecular flexibility index (Phi) is 8.18. The van der Waals surface area contributed by atoms with Gasteiger partial charge in [-0.3, -0.25) is 4.98 Å². The molecule has 0 spiro atoms. The summed E-state index contributed by atoms with van der Waals surface area (Å²) >= 11 is 0. The number of rotatable bonds is 10. The van der Waals surface area contributed by atoms with Gasteiger partial charge in [0, 0.05) is 57.0 Å². The van der Waals surface area contributed by atoms with Crippen molar-refractivity contribution in [3.8, 4) is 0 Å². The molecule has 5 heteroatoms. The Morgan fingerprint density at radius 3 is 2.40 bits per heavy atom. The van der Waals surface area contributed by atoms with Gasteiger partial charge >= 0.3 is 0 Å². The first kappa shape index (κ1) is 16.9. The van der Waals surface area contributed by atoms with Crippen LogP contribution >= 0.6 is 0 Å². The molecule has 1 heterocycles. The van der Waals surface area contributed by atoms with E-state index in [2.05, 4.69) is 28.2 Å². The Labute approximate surface area is 122 Å². The smallest absolute Gasteiger partial charge is 0.0637 e. The number of anilines is 1. The topological polar surface area (TPSA) is 46.6 Å². The fraction of sp³-hybridized carbons (Fsp3) is 0.667. The zero-order valence-corrected chi connectivity index (χ0v) is 13.1. The molecule has 0 amide bonds. The van der Waals surface area contributed by atoms with Gasteiger partial charge < -0.3 is 19.7 Å². The number of aromatic nitrogens is 1. The molecule has 0 aliphatic heterocycles. The quantitative estimate of drug-likeness (QED) is 0.706. The summed E-state index contributed by atoms with van der Waals surface area (Å²) in [6.45, 7) is 9.00. The lowest BCUT2D eigenvalue weighted by Crippen LogP contribution is -2.32. The number of nitrogens with zero attached hydrogens (tertiary/aromatic N) is 2. The maximum absolute atomic E-state index is 5.21. The van der Waals surface area contributed by atoms with E-state index in [1.807, 2.05) is 13.1 Å². The van der Waals surface area contributed by atoms with Crippen LogP contribution in [0.5, 0.6) is 0 Å². The van der Waals surface area contributed by atoms with Crippen LogP contribution in [-0.2, 0) is 16.0 Å². The fourth-order valence-electron chi connectivity index (χ4n) is 2.02. The van der Waals surface area contributed by atoms with Crippen molar-refractivity contribution in [1.82, 2.24) is 10.3 Å². The third kappa shape index (κ3) is 5.45. The van der Waals surface area contributed by atoms with Crippen molar-refractivity contribution in [2.75, 3.05) is 52.0 Å². The van der Waals surface area contributed by atoms with Gasteiger partial charge in [-0.15, -0.1) is 0 Å². The van der Waals surface area contributed by atoms with E-state index in [4.69, 9.17) is 9.47 Å². The van der Waals surface area contributed by atoms with Crippen LogP contribution in [0.4, 0.5) is 5.69 Å². The molecule has 0 saturated heterocycles. The van der Waals surface area contributed by atoms with Crippen LogP contribution in [0.3, 0.4) is 0 Å². The van der Waals surface area contributed by atoms with Crippen molar-refractivity contribution in [3.05, 3.63) is 23.5 Å². The molecule has 0 aliphatic carbocycles. The predicted molar refractivity (Wildman–Crippen MR) is 82.3 cm³/mol. The van der Waals surface area contributed by atoms with Crippen LogP contribution in [0.2, 0.25) is 0 Å². The van der Waals surface area contributed by atoms with Gasteiger partial charge in [-0.25, -0.2) is 0 Å².